The van der Waals surface area contributed by atoms with Gasteiger partial charge in [0.1, 0.15) is 0 Å². The molecule has 3 rings (SSSR count). The van der Waals surface area contributed by atoms with Gasteiger partial charge in [0.15, 0.2) is 22.5 Å². The second-order valence-electron chi connectivity index (χ2n) is 6.54. The number of hydrazine groups is 1. The number of thioether (sulfide) groups is 1. The number of aliphatic carboxylic acids is 1. The van der Waals surface area contributed by atoms with Crippen molar-refractivity contribution in [1.29, 1.82) is 0 Å². The van der Waals surface area contributed by atoms with Crippen molar-refractivity contribution in [2.75, 3.05) is 20.0 Å². The van der Waals surface area contributed by atoms with Crippen LogP contribution in [0.5, 0.6) is 11.5 Å². The third-order valence-corrected chi connectivity index (χ3v) is 5.25. The minimum atomic E-state index is -1.28. The summed E-state index contributed by atoms with van der Waals surface area (Å²) in [5.41, 5.74) is 5.82. The van der Waals surface area contributed by atoms with Gasteiger partial charge < -0.3 is 14.6 Å². The average molecular weight is 484 g/mol. The molecule has 1 aromatic heterocycles. The first-order valence-electron chi connectivity index (χ1n) is 9.78. The Hall–Kier alpha value is -4.32. The van der Waals surface area contributed by atoms with E-state index in [-0.39, 0.29) is 5.75 Å². The minimum Gasteiger partial charge on any atom is -0.493 e. The number of methoxy groups -OCH3 is 2. The second-order valence-corrected chi connectivity index (χ2v) is 7.49. The highest BCUT2D eigenvalue weighted by molar-refractivity contribution is 7.99. The number of hydrogen-bond acceptors (Lipinski definition) is 8. The number of aromatic nitrogens is 3. The second kappa shape index (κ2) is 11.5. The number of hydrogen-bond donors (Lipinski definition) is 3. The topological polar surface area (TPSA) is 145 Å². The van der Waals surface area contributed by atoms with Crippen molar-refractivity contribution >= 4 is 29.5 Å². The quantitative estimate of drug-likeness (QED) is 0.236. The number of carboxylic acid groups (broad SMARTS) is 1. The molecular weight excluding hydrogens is 462 g/mol. The van der Waals surface area contributed by atoms with Crippen LogP contribution in [0.25, 0.3) is 17.1 Å². The molecule has 176 valence electrons. The molecule has 0 spiro atoms. The lowest BCUT2D eigenvalue weighted by Crippen LogP contribution is -2.41. The Balaban J connectivity index is 1.81. The van der Waals surface area contributed by atoms with E-state index in [0.717, 1.165) is 29.1 Å². The Morgan fingerprint density at radius 3 is 2.41 bits per heavy atom. The zero-order valence-corrected chi connectivity index (χ0v) is 19.0. The maximum Gasteiger partial charge on any atom is 0.328 e. The Kier molecular flexibility index (Phi) is 8.24. The van der Waals surface area contributed by atoms with Gasteiger partial charge in [-0.05, 0) is 30.3 Å². The summed E-state index contributed by atoms with van der Waals surface area (Å²) in [5.74, 6) is -1.02. The van der Waals surface area contributed by atoms with Crippen LogP contribution in [0.4, 0.5) is 0 Å². The normalized spacial score (nSPS) is 10.6. The first-order valence-corrected chi connectivity index (χ1v) is 10.8. The summed E-state index contributed by atoms with van der Waals surface area (Å²) >= 11 is 1.11. The zero-order valence-electron chi connectivity index (χ0n) is 18.2. The Labute approximate surface area is 198 Å². The van der Waals surface area contributed by atoms with E-state index in [1.807, 2.05) is 36.4 Å². The Morgan fingerprint density at radius 2 is 1.74 bits per heavy atom. The minimum absolute atomic E-state index is 0.0835. The lowest BCUT2D eigenvalue weighted by molar-refractivity contribution is -0.131. The average Bonchev–Trinajstić information content (AvgIpc) is 3.28. The first kappa shape index (κ1) is 24.3. The van der Waals surface area contributed by atoms with Gasteiger partial charge in [-0.15, -0.1) is 10.2 Å². The van der Waals surface area contributed by atoms with Gasteiger partial charge in [-0.25, -0.2) is 4.79 Å². The molecule has 2 amide bonds. The molecule has 1 heterocycles. The molecule has 0 saturated heterocycles. The fraction of sp³-hybridized carbons (Fsp3) is 0.136. The van der Waals surface area contributed by atoms with Gasteiger partial charge in [0, 0.05) is 23.4 Å². The summed E-state index contributed by atoms with van der Waals surface area (Å²) in [6.07, 6.45) is 1.45. The number of benzene rings is 2. The molecule has 34 heavy (non-hydrogen) atoms. The highest BCUT2D eigenvalue weighted by Crippen LogP contribution is 2.34. The maximum absolute atomic E-state index is 12.2. The monoisotopic (exact) mass is 483 g/mol. The molecule has 0 saturated carbocycles. The van der Waals surface area contributed by atoms with Gasteiger partial charge in [-0.2, -0.15) is 0 Å². The van der Waals surface area contributed by atoms with Crippen LogP contribution in [0.3, 0.4) is 0 Å². The molecule has 2 aromatic carbocycles. The van der Waals surface area contributed by atoms with Gasteiger partial charge in [0.25, 0.3) is 5.91 Å². The van der Waals surface area contributed by atoms with Crippen molar-refractivity contribution in [3.8, 4) is 28.6 Å². The first-order chi connectivity index (χ1) is 16.4. The molecule has 11 nitrogen and oxygen atoms in total. The predicted molar refractivity (Wildman–Crippen MR) is 124 cm³/mol. The standard InChI is InChI=1S/C22H21N5O6S/c1-32-16-9-8-14(12-17(16)33-2)21-25-26-22(27(21)15-6-4-3-5-7-15)34-13-19(29)24-23-18(28)10-11-20(30)31/h3-12H,13H2,1-2H3,(H,23,28)(H,24,29)(H,30,31). The lowest BCUT2D eigenvalue weighted by atomic mass is 10.2. The SMILES string of the molecule is COc1ccc(-c2nnc(SCC(=O)NNC(=O)C=CC(=O)O)n2-c2ccccc2)cc1OC. The van der Waals surface area contributed by atoms with Crippen LogP contribution in [0, 0.1) is 0 Å². The van der Waals surface area contributed by atoms with Gasteiger partial charge in [0.2, 0.25) is 5.91 Å². The highest BCUT2D eigenvalue weighted by Gasteiger charge is 2.19. The summed E-state index contributed by atoms with van der Waals surface area (Å²) in [4.78, 5) is 34.1. The number of rotatable bonds is 9. The van der Waals surface area contributed by atoms with Crippen LogP contribution in [0.1, 0.15) is 0 Å². The van der Waals surface area contributed by atoms with Crippen molar-refractivity contribution in [3.63, 3.8) is 0 Å². The van der Waals surface area contributed by atoms with Crippen molar-refractivity contribution in [2.24, 2.45) is 0 Å². The van der Waals surface area contributed by atoms with E-state index >= 15 is 0 Å². The van der Waals surface area contributed by atoms with Crippen molar-refractivity contribution in [1.82, 2.24) is 25.6 Å². The molecule has 0 radical (unpaired) electrons. The summed E-state index contributed by atoms with van der Waals surface area (Å²) in [6.45, 7) is 0. The van der Waals surface area contributed by atoms with Crippen molar-refractivity contribution < 1.29 is 29.0 Å². The third-order valence-electron chi connectivity index (χ3n) is 4.32. The number of ether oxygens (including phenoxy) is 2. The Bertz CT molecular complexity index is 1210. The third kappa shape index (κ3) is 6.13. The zero-order chi connectivity index (χ0) is 24.5. The van der Waals surface area contributed by atoms with Crippen LogP contribution in [0.2, 0.25) is 0 Å². The molecule has 0 fully saturated rings. The summed E-state index contributed by atoms with van der Waals surface area (Å²) in [6, 6.07) is 14.8. The number of para-hydroxylation sites is 1. The fourth-order valence-corrected chi connectivity index (χ4v) is 3.57. The van der Waals surface area contributed by atoms with E-state index in [2.05, 4.69) is 21.0 Å². The fourth-order valence-electron chi connectivity index (χ4n) is 2.82. The highest BCUT2D eigenvalue weighted by atomic mass is 32.2. The van der Waals surface area contributed by atoms with E-state index in [4.69, 9.17) is 14.6 Å². The van der Waals surface area contributed by atoms with E-state index in [0.29, 0.717) is 28.6 Å². The predicted octanol–water partition coefficient (Wildman–Crippen LogP) is 1.83. The Morgan fingerprint density at radius 1 is 1.00 bits per heavy atom. The molecular formula is C22H21N5O6S. The van der Waals surface area contributed by atoms with Crippen LogP contribution in [-0.4, -0.2) is 57.6 Å². The molecule has 0 aliphatic heterocycles. The molecule has 0 aliphatic carbocycles. The van der Waals surface area contributed by atoms with E-state index in [1.165, 1.54) is 0 Å². The van der Waals surface area contributed by atoms with Crippen molar-refractivity contribution in [3.05, 3.63) is 60.7 Å². The smallest absolute Gasteiger partial charge is 0.328 e. The molecule has 0 unspecified atom stereocenters. The maximum atomic E-state index is 12.2. The molecule has 0 bridgehead atoms. The molecule has 3 N–H and O–H groups in total. The van der Waals surface area contributed by atoms with E-state index in [9.17, 15) is 14.4 Å². The number of nitrogens with one attached hydrogen (secondary N) is 2. The number of carboxylic acids is 1. The number of carbonyl (C=O) groups is 3. The van der Waals surface area contributed by atoms with Crippen LogP contribution >= 0.6 is 11.8 Å². The molecule has 12 heteroatoms. The molecule has 3 aromatic rings. The number of amides is 2. The van der Waals surface area contributed by atoms with Gasteiger partial charge in [-0.1, -0.05) is 30.0 Å². The molecule has 0 aliphatic rings. The van der Waals surface area contributed by atoms with Gasteiger partial charge in [0.05, 0.1) is 20.0 Å². The van der Waals surface area contributed by atoms with E-state index in [1.54, 1.807) is 30.9 Å². The van der Waals surface area contributed by atoms with Crippen LogP contribution in [-0.2, 0) is 14.4 Å². The van der Waals surface area contributed by atoms with Gasteiger partial charge >= 0.3 is 5.97 Å². The number of nitrogens with zero attached hydrogens (tertiary/aromatic N) is 3. The number of carbonyl (C=O) groups excluding carboxylic acids is 2. The summed E-state index contributed by atoms with van der Waals surface area (Å²) in [7, 11) is 3.09. The van der Waals surface area contributed by atoms with Crippen LogP contribution < -0.4 is 20.3 Å². The lowest BCUT2D eigenvalue weighted by Gasteiger charge is -2.12. The van der Waals surface area contributed by atoms with Gasteiger partial charge in [-0.3, -0.25) is 25.0 Å². The summed E-state index contributed by atoms with van der Waals surface area (Å²) < 4.78 is 12.5. The van der Waals surface area contributed by atoms with E-state index < -0.39 is 17.8 Å². The van der Waals surface area contributed by atoms with Crippen LogP contribution in [0.15, 0.2) is 65.8 Å². The molecule has 0 atom stereocenters. The largest absolute Gasteiger partial charge is 0.493 e. The summed E-state index contributed by atoms with van der Waals surface area (Å²) in [5, 5.41) is 17.5. The van der Waals surface area contributed by atoms with Crippen molar-refractivity contribution in [2.45, 2.75) is 5.16 Å².